The number of ether oxygens (including phenoxy) is 5. The average Bonchev–Trinajstić information content (AvgIpc) is 2.92. The van der Waals surface area contributed by atoms with Crippen molar-refractivity contribution in [3.8, 4) is 23.0 Å². The third kappa shape index (κ3) is 7.18. The van der Waals surface area contributed by atoms with Gasteiger partial charge in [-0.05, 0) is 50.6 Å². The molecule has 1 aliphatic rings. The number of nitrogens with zero attached hydrogens (tertiary/aromatic N) is 1. The molecule has 0 aliphatic carbocycles. The number of hydrogen-bond donors (Lipinski definition) is 3. The molecule has 12 nitrogen and oxygen atoms in total. The number of amides is 3. The Bertz CT molecular complexity index is 1270. The van der Waals surface area contributed by atoms with Crippen molar-refractivity contribution in [2.75, 3.05) is 34.0 Å². The number of hydrazone groups is 1. The number of urea groups is 1. The SMILES string of the molecule is CCOC(=O)C1=C(C)NC(=O)N[C@H]1c1ccc(OCC(=O)N/N=C/c2cccc(OC)c2OCC)c(OC)c1. The number of nitrogens with one attached hydrogen (secondary N) is 3. The van der Waals surface area contributed by atoms with Gasteiger partial charge in [0.15, 0.2) is 29.6 Å². The molecule has 1 aliphatic heterocycles. The van der Waals surface area contributed by atoms with Crippen LogP contribution < -0.4 is 35.0 Å². The van der Waals surface area contributed by atoms with E-state index in [1.165, 1.54) is 20.4 Å². The van der Waals surface area contributed by atoms with Crippen LogP contribution in [0.5, 0.6) is 23.0 Å². The van der Waals surface area contributed by atoms with Gasteiger partial charge in [-0.15, -0.1) is 0 Å². The Hall–Kier alpha value is -4.74. The first kappa shape index (κ1) is 28.8. The zero-order valence-corrected chi connectivity index (χ0v) is 22.5. The van der Waals surface area contributed by atoms with E-state index in [9.17, 15) is 14.4 Å². The summed E-state index contributed by atoms with van der Waals surface area (Å²) < 4.78 is 27.1. The molecule has 0 spiro atoms. The monoisotopic (exact) mass is 540 g/mol. The van der Waals surface area contributed by atoms with Crippen molar-refractivity contribution in [3.63, 3.8) is 0 Å². The van der Waals surface area contributed by atoms with E-state index in [-0.39, 0.29) is 24.5 Å². The van der Waals surface area contributed by atoms with Gasteiger partial charge in [0.1, 0.15) is 0 Å². The molecule has 0 unspecified atom stereocenters. The molecule has 3 rings (SSSR count). The molecule has 39 heavy (non-hydrogen) atoms. The van der Waals surface area contributed by atoms with Crippen molar-refractivity contribution in [3.05, 3.63) is 58.8 Å². The zero-order chi connectivity index (χ0) is 28.4. The van der Waals surface area contributed by atoms with Gasteiger partial charge in [-0.3, -0.25) is 4.79 Å². The molecule has 0 saturated heterocycles. The minimum absolute atomic E-state index is 0.186. The Morgan fingerprint density at radius 1 is 1.03 bits per heavy atom. The van der Waals surface area contributed by atoms with Gasteiger partial charge in [0, 0.05) is 11.3 Å². The van der Waals surface area contributed by atoms with Gasteiger partial charge in [0.25, 0.3) is 5.91 Å². The second-order valence-corrected chi connectivity index (χ2v) is 8.09. The minimum Gasteiger partial charge on any atom is -0.493 e. The number of rotatable bonds is 12. The highest BCUT2D eigenvalue weighted by molar-refractivity contribution is 5.95. The summed E-state index contributed by atoms with van der Waals surface area (Å²) >= 11 is 0. The summed E-state index contributed by atoms with van der Waals surface area (Å²) in [6, 6.07) is 8.97. The van der Waals surface area contributed by atoms with E-state index in [0.29, 0.717) is 40.7 Å². The molecule has 1 atom stereocenters. The molecule has 1 heterocycles. The second-order valence-electron chi connectivity index (χ2n) is 8.09. The number of esters is 1. The fourth-order valence-electron chi connectivity index (χ4n) is 3.85. The Morgan fingerprint density at radius 3 is 2.49 bits per heavy atom. The van der Waals surface area contributed by atoms with Crippen LogP contribution in [0.2, 0.25) is 0 Å². The Balaban J connectivity index is 1.69. The first-order chi connectivity index (χ1) is 18.8. The van der Waals surface area contributed by atoms with E-state index in [0.717, 1.165) is 0 Å². The number of para-hydroxylation sites is 1. The third-order valence-corrected chi connectivity index (χ3v) is 5.56. The third-order valence-electron chi connectivity index (χ3n) is 5.56. The van der Waals surface area contributed by atoms with Gasteiger partial charge in [0.2, 0.25) is 0 Å². The van der Waals surface area contributed by atoms with Gasteiger partial charge in [-0.25, -0.2) is 15.0 Å². The average molecular weight is 541 g/mol. The van der Waals surface area contributed by atoms with E-state index in [1.807, 2.05) is 6.92 Å². The van der Waals surface area contributed by atoms with Crippen LogP contribution in [0.15, 0.2) is 52.8 Å². The molecular weight excluding hydrogens is 508 g/mol. The van der Waals surface area contributed by atoms with Crippen LogP contribution in [0.25, 0.3) is 0 Å². The number of benzene rings is 2. The lowest BCUT2D eigenvalue weighted by Crippen LogP contribution is -2.45. The highest BCUT2D eigenvalue weighted by Crippen LogP contribution is 2.34. The minimum atomic E-state index is -0.767. The molecule has 2 aromatic rings. The molecule has 0 aromatic heterocycles. The van der Waals surface area contributed by atoms with Crippen LogP contribution in [0, 0.1) is 0 Å². The first-order valence-electron chi connectivity index (χ1n) is 12.2. The van der Waals surface area contributed by atoms with Gasteiger partial charge in [0.05, 0.1) is 45.3 Å². The Morgan fingerprint density at radius 2 is 1.79 bits per heavy atom. The van der Waals surface area contributed by atoms with Crippen LogP contribution in [-0.2, 0) is 14.3 Å². The van der Waals surface area contributed by atoms with Crippen molar-refractivity contribution >= 4 is 24.1 Å². The predicted octanol–water partition coefficient (Wildman–Crippen LogP) is 2.82. The van der Waals surface area contributed by atoms with Crippen molar-refractivity contribution in [2.45, 2.75) is 26.8 Å². The smallest absolute Gasteiger partial charge is 0.338 e. The first-order valence-corrected chi connectivity index (χ1v) is 12.2. The lowest BCUT2D eigenvalue weighted by atomic mass is 9.95. The summed E-state index contributed by atoms with van der Waals surface area (Å²) in [5, 5.41) is 9.29. The van der Waals surface area contributed by atoms with Crippen molar-refractivity contribution in [2.24, 2.45) is 5.10 Å². The lowest BCUT2D eigenvalue weighted by Gasteiger charge is -2.28. The predicted molar refractivity (Wildman–Crippen MR) is 142 cm³/mol. The molecule has 208 valence electrons. The number of carbonyl (C=O) groups excluding carboxylic acids is 3. The summed E-state index contributed by atoms with van der Waals surface area (Å²) in [4.78, 5) is 37.0. The lowest BCUT2D eigenvalue weighted by molar-refractivity contribution is -0.139. The van der Waals surface area contributed by atoms with E-state index < -0.39 is 23.9 Å². The molecule has 0 saturated carbocycles. The molecule has 3 N–H and O–H groups in total. The fraction of sp³-hybridized carbons (Fsp3) is 0.333. The quantitative estimate of drug-likeness (QED) is 0.212. The van der Waals surface area contributed by atoms with E-state index >= 15 is 0 Å². The standard InChI is InChI=1S/C27H32N4O8/c1-6-37-25-18(9-8-10-20(25)35-4)14-28-31-22(32)15-39-19-12-11-17(13-21(19)36-5)24-23(26(33)38-7-2)16(3)29-27(34)30-24/h8-14,24H,6-7,15H2,1-5H3,(H,31,32)(H2,29,30,34)/b28-14+/t24-/m0/s1. The van der Waals surface area contributed by atoms with E-state index in [1.54, 1.807) is 50.2 Å². The van der Waals surface area contributed by atoms with Gasteiger partial charge < -0.3 is 34.3 Å². The van der Waals surface area contributed by atoms with Gasteiger partial charge in [-0.1, -0.05) is 12.1 Å². The zero-order valence-electron chi connectivity index (χ0n) is 22.5. The normalized spacial score (nSPS) is 14.8. The molecule has 3 amide bonds. The molecule has 12 heteroatoms. The van der Waals surface area contributed by atoms with Crippen LogP contribution in [-0.4, -0.2) is 58.2 Å². The highest BCUT2D eigenvalue weighted by atomic mass is 16.5. The summed E-state index contributed by atoms with van der Waals surface area (Å²) in [6.45, 7) is 5.45. The summed E-state index contributed by atoms with van der Waals surface area (Å²) in [7, 11) is 2.98. The second kappa shape index (κ2) is 13.7. The fourth-order valence-corrected chi connectivity index (χ4v) is 3.85. The molecule has 0 fully saturated rings. The number of allylic oxidation sites excluding steroid dienone is 1. The number of carbonyl (C=O) groups is 3. The van der Waals surface area contributed by atoms with Crippen LogP contribution >= 0.6 is 0 Å². The van der Waals surface area contributed by atoms with E-state index in [4.69, 9.17) is 23.7 Å². The molecular formula is C27H32N4O8. The number of hydrogen-bond acceptors (Lipinski definition) is 9. The molecule has 2 aromatic carbocycles. The van der Waals surface area contributed by atoms with Crippen molar-refractivity contribution < 1.29 is 38.1 Å². The molecule has 0 radical (unpaired) electrons. The summed E-state index contributed by atoms with van der Waals surface area (Å²) in [5.74, 6) is 0.594. The van der Waals surface area contributed by atoms with Crippen LogP contribution in [0.4, 0.5) is 4.79 Å². The maximum atomic E-state index is 12.6. The van der Waals surface area contributed by atoms with Crippen LogP contribution in [0.1, 0.15) is 37.9 Å². The highest BCUT2D eigenvalue weighted by Gasteiger charge is 2.32. The van der Waals surface area contributed by atoms with Gasteiger partial charge >= 0.3 is 12.0 Å². The Labute approximate surface area is 226 Å². The molecule has 0 bridgehead atoms. The maximum absolute atomic E-state index is 12.6. The summed E-state index contributed by atoms with van der Waals surface area (Å²) in [6.07, 6.45) is 1.45. The Kier molecular flexibility index (Phi) is 10.1. The van der Waals surface area contributed by atoms with Gasteiger partial charge in [-0.2, -0.15) is 5.10 Å². The maximum Gasteiger partial charge on any atom is 0.338 e. The van der Waals surface area contributed by atoms with Crippen molar-refractivity contribution in [1.82, 2.24) is 16.1 Å². The van der Waals surface area contributed by atoms with E-state index in [2.05, 4.69) is 21.2 Å². The van der Waals surface area contributed by atoms with Crippen LogP contribution in [0.3, 0.4) is 0 Å². The summed E-state index contributed by atoms with van der Waals surface area (Å²) in [5.41, 5.74) is 4.26. The van der Waals surface area contributed by atoms with Crippen molar-refractivity contribution in [1.29, 1.82) is 0 Å². The largest absolute Gasteiger partial charge is 0.493 e. The topological polar surface area (TPSA) is 146 Å². The number of methoxy groups -OCH3 is 2.